The van der Waals surface area contributed by atoms with Gasteiger partial charge in [-0.3, -0.25) is 9.62 Å². The molecule has 0 unspecified atom stereocenters. The fourth-order valence-corrected chi connectivity index (χ4v) is 4.48. The number of sulfonamides is 1. The molecule has 0 saturated carbocycles. The average Bonchev–Trinajstić information content (AvgIpc) is 2.69. The van der Waals surface area contributed by atoms with Crippen LogP contribution in [-0.2, 0) is 16.6 Å². The van der Waals surface area contributed by atoms with E-state index in [0.29, 0.717) is 11.2 Å². The highest BCUT2D eigenvalue weighted by Gasteiger charge is 2.16. The summed E-state index contributed by atoms with van der Waals surface area (Å²) in [4.78, 5) is 7.43. The SMILES string of the molecule is CCCN(CCC)Cc1ccc2cccc(NS(=O)(=O)c3ccc(C)cc3)c2n1. The lowest BCUT2D eigenvalue weighted by atomic mass is 10.1. The maximum Gasteiger partial charge on any atom is 0.261 e. The van der Waals surface area contributed by atoms with Crippen LogP contribution in [-0.4, -0.2) is 31.4 Å². The molecule has 1 aromatic heterocycles. The minimum absolute atomic E-state index is 0.244. The van der Waals surface area contributed by atoms with E-state index in [1.165, 1.54) is 0 Å². The van der Waals surface area contributed by atoms with E-state index < -0.39 is 10.0 Å². The monoisotopic (exact) mass is 411 g/mol. The normalized spacial score (nSPS) is 11.9. The standard InChI is InChI=1S/C23H29N3O2S/c1-4-15-26(16-5-2)17-20-12-11-19-7-6-8-22(23(19)24-20)25-29(27,28)21-13-9-18(3)10-14-21/h6-14,25H,4-5,15-17H2,1-3H3. The molecule has 6 heteroatoms. The van der Waals surface area contributed by atoms with Crippen molar-refractivity contribution in [2.45, 2.75) is 45.1 Å². The molecule has 0 aliphatic rings. The Labute approximate surface area is 173 Å². The molecule has 1 heterocycles. The molecule has 0 aliphatic carbocycles. The van der Waals surface area contributed by atoms with Gasteiger partial charge in [0, 0.05) is 11.9 Å². The molecule has 5 nitrogen and oxygen atoms in total. The highest BCUT2D eigenvalue weighted by molar-refractivity contribution is 7.92. The first-order chi connectivity index (χ1) is 13.9. The third-order valence-corrected chi connectivity index (χ3v) is 6.20. The number of anilines is 1. The van der Waals surface area contributed by atoms with Gasteiger partial charge in [-0.15, -0.1) is 0 Å². The van der Waals surface area contributed by atoms with Gasteiger partial charge in [-0.05, 0) is 57.1 Å². The Bertz CT molecular complexity index is 1060. The molecule has 154 valence electrons. The van der Waals surface area contributed by atoms with Gasteiger partial charge in [0.1, 0.15) is 0 Å². The van der Waals surface area contributed by atoms with Crippen LogP contribution in [0.3, 0.4) is 0 Å². The minimum Gasteiger partial charge on any atom is -0.298 e. The molecule has 3 rings (SSSR count). The van der Waals surface area contributed by atoms with Gasteiger partial charge < -0.3 is 0 Å². The molecule has 0 saturated heterocycles. The lowest BCUT2D eigenvalue weighted by Crippen LogP contribution is -2.25. The van der Waals surface area contributed by atoms with Crippen molar-refractivity contribution in [3.63, 3.8) is 0 Å². The van der Waals surface area contributed by atoms with Crippen molar-refractivity contribution in [2.75, 3.05) is 17.8 Å². The van der Waals surface area contributed by atoms with Crippen LogP contribution in [0, 0.1) is 6.92 Å². The van der Waals surface area contributed by atoms with E-state index in [9.17, 15) is 8.42 Å². The number of benzene rings is 2. The van der Waals surface area contributed by atoms with Gasteiger partial charge in [0.15, 0.2) is 0 Å². The molecule has 0 amide bonds. The molecule has 3 aromatic rings. The molecule has 29 heavy (non-hydrogen) atoms. The Morgan fingerprint density at radius 2 is 1.62 bits per heavy atom. The maximum atomic E-state index is 12.8. The van der Waals surface area contributed by atoms with Crippen LogP contribution < -0.4 is 4.72 Å². The van der Waals surface area contributed by atoms with Gasteiger partial charge in [-0.1, -0.05) is 49.7 Å². The Morgan fingerprint density at radius 1 is 0.931 bits per heavy atom. The number of fused-ring (bicyclic) bond motifs is 1. The number of nitrogens with one attached hydrogen (secondary N) is 1. The van der Waals surface area contributed by atoms with Crippen molar-refractivity contribution in [1.82, 2.24) is 9.88 Å². The molecule has 0 aliphatic heterocycles. The second-order valence-electron chi connectivity index (χ2n) is 7.37. The summed E-state index contributed by atoms with van der Waals surface area (Å²) in [5, 5.41) is 0.912. The lowest BCUT2D eigenvalue weighted by molar-refractivity contribution is 0.264. The predicted octanol–water partition coefficient (Wildman–Crippen LogP) is 4.97. The quantitative estimate of drug-likeness (QED) is 0.540. The van der Waals surface area contributed by atoms with Crippen LogP contribution in [0.1, 0.15) is 37.9 Å². The summed E-state index contributed by atoms with van der Waals surface area (Å²) >= 11 is 0. The second kappa shape index (κ2) is 9.37. The minimum atomic E-state index is -3.68. The van der Waals surface area contributed by atoms with E-state index in [0.717, 1.165) is 49.1 Å². The number of hydrogen-bond acceptors (Lipinski definition) is 4. The molecule has 0 atom stereocenters. The lowest BCUT2D eigenvalue weighted by Gasteiger charge is -2.20. The van der Waals surface area contributed by atoms with E-state index in [1.54, 1.807) is 30.3 Å². The number of rotatable bonds is 9. The summed E-state index contributed by atoms with van der Waals surface area (Å²) in [6, 6.07) is 16.4. The second-order valence-corrected chi connectivity index (χ2v) is 9.06. The van der Waals surface area contributed by atoms with Gasteiger partial charge >= 0.3 is 0 Å². The molecule has 0 fully saturated rings. The summed E-state index contributed by atoms with van der Waals surface area (Å²) in [6.07, 6.45) is 2.18. The largest absolute Gasteiger partial charge is 0.298 e. The number of aromatic nitrogens is 1. The summed E-state index contributed by atoms with van der Waals surface area (Å²) < 4.78 is 28.4. The first-order valence-corrected chi connectivity index (χ1v) is 11.6. The molecule has 2 aromatic carbocycles. The van der Waals surface area contributed by atoms with Crippen molar-refractivity contribution < 1.29 is 8.42 Å². The average molecular weight is 412 g/mol. The topological polar surface area (TPSA) is 62.3 Å². The van der Waals surface area contributed by atoms with E-state index in [-0.39, 0.29) is 4.90 Å². The smallest absolute Gasteiger partial charge is 0.261 e. The third-order valence-electron chi connectivity index (χ3n) is 4.82. The zero-order chi connectivity index (χ0) is 20.9. The molecular formula is C23H29N3O2S. The van der Waals surface area contributed by atoms with E-state index in [1.807, 2.05) is 31.2 Å². The number of aryl methyl sites for hydroxylation is 1. The number of hydrogen-bond donors (Lipinski definition) is 1. The summed E-state index contributed by atoms with van der Waals surface area (Å²) in [5.74, 6) is 0. The van der Waals surface area contributed by atoms with Crippen LogP contribution in [0.4, 0.5) is 5.69 Å². The molecular weight excluding hydrogens is 382 g/mol. The van der Waals surface area contributed by atoms with Gasteiger partial charge in [-0.2, -0.15) is 0 Å². The summed E-state index contributed by atoms with van der Waals surface area (Å²) in [7, 11) is -3.68. The van der Waals surface area contributed by atoms with Crippen molar-refractivity contribution in [3.8, 4) is 0 Å². The van der Waals surface area contributed by atoms with Crippen LogP contribution >= 0.6 is 0 Å². The van der Waals surface area contributed by atoms with E-state index in [2.05, 4.69) is 23.5 Å². The van der Waals surface area contributed by atoms with Crippen LogP contribution in [0.5, 0.6) is 0 Å². The first kappa shape index (κ1) is 21.3. The Morgan fingerprint density at radius 3 is 2.28 bits per heavy atom. The van der Waals surface area contributed by atoms with Gasteiger partial charge in [0.25, 0.3) is 10.0 Å². The fraction of sp³-hybridized carbons (Fsp3) is 0.348. The third kappa shape index (κ3) is 5.34. The number of nitrogens with zero attached hydrogens (tertiary/aromatic N) is 2. The Balaban J connectivity index is 1.92. The van der Waals surface area contributed by atoms with Crippen molar-refractivity contribution in [1.29, 1.82) is 0 Å². The first-order valence-electron chi connectivity index (χ1n) is 10.1. The number of para-hydroxylation sites is 1. The Hall–Kier alpha value is -2.44. The van der Waals surface area contributed by atoms with Crippen molar-refractivity contribution in [2.24, 2.45) is 0 Å². The molecule has 1 N–H and O–H groups in total. The fourth-order valence-electron chi connectivity index (χ4n) is 3.41. The highest BCUT2D eigenvalue weighted by Crippen LogP contribution is 2.25. The maximum absolute atomic E-state index is 12.8. The molecule has 0 spiro atoms. The van der Waals surface area contributed by atoms with Crippen molar-refractivity contribution in [3.05, 3.63) is 65.9 Å². The zero-order valence-electron chi connectivity index (χ0n) is 17.4. The van der Waals surface area contributed by atoms with Crippen LogP contribution in [0.2, 0.25) is 0 Å². The van der Waals surface area contributed by atoms with Crippen LogP contribution in [0.15, 0.2) is 59.5 Å². The van der Waals surface area contributed by atoms with E-state index in [4.69, 9.17) is 4.98 Å². The van der Waals surface area contributed by atoms with Crippen LogP contribution in [0.25, 0.3) is 10.9 Å². The Kier molecular flexibility index (Phi) is 6.87. The number of pyridine rings is 1. The molecule has 0 bridgehead atoms. The van der Waals surface area contributed by atoms with Gasteiger partial charge in [0.2, 0.25) is 0 Å². The van der Waals surface area contributed by atoms with Crippen molar-refractivity contribution >= 4 is 26.6 Å². The highest BCUT2D eigenvalue weighted by atomic mass is 32.2. The molecule has 0 radical (unpaired) electrons. The summed E-state index contributed by atoms with van der Waals surface area (Å²) in [5.41, 5.74) is 3.14. The predicted molar refractivity (Wildman–Crippen MR) is 120 cm³/mol. The van der Waals surface area contributed by atoms with Gasteiger partial charge in [0.05, 0.1) is 21.8 Å². The van der Waals surface area contributed by atoms with E-state index >= 15 is 0 Å². The zero-order valence-corrected chi connectivity index (χ0v) is 18.2. The van der Waals surface area contributed by atoms with Gasteiger partial charge in [-0.25, -0.2) is 13.4 Å². The summed E-state index contributed by atoms with van der Waals surface area (Å²) in [6.45, 7) is 9.09.